The Hall–Kier alpha value is -2.61. The molecule has 2 N–H and O–H groups in total. The van der Waals surface area contributed by atoms with Gasteiger partial charge in [-0.05, 0) is 44.7 Å². The summed E-state index contributed by atoms with van der Waals surface area (Å²) in [5, 5.41) is 21.5. The van der Waals surface area contributed by atoms with Crippen LogP contribution in [0.5, 0.6) is 11.5 Å². The van der Waals surface area contributed by atoms with Crippen LogP contribution in [0.4, 0.5) is 0 Å². The number of hydrogen-bond acceptors (Lipinski definition) is 6. The molecule has 2 aliphatic rings. The zero-order valence-electron chi connectivity index (χ0n) is 16.9. The number of nitrogens with one attached hydrogen (secondary N) is 1. The second-order valence-corrected chi connectivity index (χ2v) is 7.99. The van der Waals surface area contributed by atoms with Crippen molar-refractivity contribution in [2.45, 2.75) is 63.7 Å². The number of benzene rings is 1. The maximum atomic E-state index is 12.1. The van der Waals surface area contributed by atoms with Gasteiger partial charge < -0.3 is 15.2 Å². The average Bonchev–Trinajstić information content (AvgIpc) is 3.42. The first kappa shape index (κ1) is 19.7. The molecule has 2 fully saturated rings. The first-order chi connectivity index (χ1) is 14.1. The second-order valence-electron chi connectivity index (χ2n) is 7.99. The molecule has 156 valence electrons. The number of piperidine rings is 1. The number of likely N-dealkylation sites (tertiary alicyclic amines) is 1. The summed E-state index contributed by atoms with van der Waals surface area (Å²) < 4.78 is 7.00. The van der Waals surface area contributed by atoms with Gasteiger partial charge in [0.2, 0.25) is 0 Å². The highest BCUT2D eigenvalue weighted by Crippen LogP contribution is 2.32. The van der Waals surface area contributed by atoms with Crippen LogP contribution in [0.1, 0.15) is 54.6 Å². The fraction of sp³-hybridized carbons (Fsp3) is 0.571. The van der Waals surface area contributed by atoms with E-state index in [1.54, 1.807) is 24.1 Å². The lowest BCUT2D eigenvalue weighted by molar-refractivity contribution is 0.0946. The highest BCUT2D eigenvalue weighted by atomic mass is 16.5. The van der Waals surface area contributed by atoms with E-state index < -0.39 is 0 Å². The minimum absolute atomic E-state index is 0.133. The summed E-state index contributed by atoms with van der Waals surface area (Å²) in [6, 6.07) is 6.36. The molecule has 1 aliphatic carbocycles. The van der Waals surface area contributed by atoms with Gasteiger partial charge in [-0.3, -0.25) is 14.4 Å². The van der Waals surface area contributed by atoms with E-state index in [1.807, 2.05) is 12.1 Å². The molecule has 1 saturated heterocycles. The smallest absolute Gasteiger partial charge is 0.273 e. The molecular weight excluding hydrogens is 370 g/mol. The van der Waals surface area contributed by atoms with Gasteiger partial charge in [0.05, 0.1) is 13.3 Å². The lowest BCUT2D eigenvalue weighted by atomic mass is 9.98. The summed E-state index contributed by atoms with van der Waals surface area (Å²) in [7, 11) is 1.57. The van der Waals surface area contributed by atoms with Gasteiger partial charge in [0, 0.05) is 30.7 Å². The van der Waals surface area contributed by atoms with Crippen molar-refractivity contribution in [1.82, 2.24) is 25.2 Å². The molecular formula is C21H29N5O3. The van der Waals surface area contributed by atoms with Crippen LogP contribution in [0, 0.1) is 0 Å². The number of rotatable bonds is 8. The van der Waals surface area contributed by atoms with E-state index in [1.165, 1.54) is 6.42 Å². The number of phenols is 1. The van der Waals surface area contributed by atoms with Crippen molar-refractivity contribution >= 4 is 5.91 Å². The summed E-state index contributed by atoms with van der Waals surface area (Å²) >= 11 is 0. The quantitative estimate of drug-likeness (QED) is 0.708. The molecule has 8 nitrogen and oxygen atoms in total. The third-order valence-electron chi connectivity index (χ3n) is 5.80. The van der Waals surface area contributed by atoms with Gasteiger partial charge >= 0.3 is 0 Å². The van der Waals surface area contributed by atoms with E-state index in [2.05, 4.69) is 20.5 Å². The van der Waals surface area contributed by atoms with Crippen LogP contribution in [-0.4, -0.2) is 56.6 Å². The van der Waals surface area contributed by atoms with E-state index in [0.29, 0.717) is 30.1 Å². The number of para-hydroxylation sites is 1. The molecule has 1 aliphatic heterocycles. The SMILES string of the molecule is COc1cccc(CN2CCCC[C@H]2CCn2cc(C(=O)NC3CC3)nn2)c1O. The van der Waals surface area contributed by atoms with Crippen LogP contribution < -0.4 is 10.1 Å². The van der Waals surface area contributed by atoms with E-state index >= 15 is 0 Å². The fourth-order valence-electron chi connectivity index (χ4n) is 3.95. The Morgan fingerprint density at radius 1 is 1.31 bits per heavy atom. The van der Waals surface area contributed by atoms with Gasteiger partial charge in [0.15, 0.2) is 17.2 Å². The number of aromatic hydroxyl groups is 1. The predicted molar refractivity (Wildman–Crippen MR) is 108 cm³/mol. The third-order valence-corrected chi connectivity index (χ3v) is 5.80. The first-order valence-corrected chi connectivity index (χ1v) is 10.4. The van der Waals surface area contributed by atoms with Gasteiger partial charge in [-0.25, -0.2) is 0 Å². The Bertz CT molecular complexity index is 849. The molecule has 1 aromatic carbocycles. The summed E-state index contributed by atoms with van der Waals surface area (Å²) in [5.74, 6) is 0.601. The van der Waals surface area contributed by atoms with E-state index in [0.717, 1.165) is 50.8 Å². The Morgan fingerprint density at radius 3 is 2.97 bits per heavy atom. The predicted octanol–water partition coefficient (Wildman–Crippen LogP) is 2.33. The van der Waals surface area contributed by atoms with Crippen LogP contribution in [0.3, 0.4) is 0 Å². The van der Waals surface area contributed by atoms with Crippen molar-refractivity contribution in [3.05, 3.63) is 35.7 Å². The molecule has 29 heavy (non-hydrogen) atoms. The van der Waals surface area contributed by atoms with Crippen LogP contribution >= 0.6 is 0 Å². The zero-order valence-corrected chi connectivity index (χ0v) is 16.9. The number of phenolic OH excluding ortho intramolecular Hbond substituents is 1. The lowest BCUT2D eigenvalue weighted by Gasteiger charge is -2.36. The molecule has 0 spiro atoms. The van der Waals surface area contributed by atoms with Gasteiger partial charge in [0.25, 0.3) is 5.91 Å². The fourth-order valence-corrected chi connectivity index (χ4v) is 3.95. The molecule has 4 rings (SSSR count). The molecule has 2 aromatic rings. The number of nitrogens with zero attached hydrogens (tertiary/aromatic N) is 4. The number of ether oxygens (including phenoxy) is 1. The number of methoxy groups -OCH3 is 1. The Balaban J connectivity index is 1.36. The Labute approximate surface area is 170 Å². The maximum Gasteiger partial charge on any atom is 0.273 e. The zero-order chi connectivity index (χ0) is 20.2. The summed E-state index contributed by atoms with van der Waals surface area (Å²) in [6.07, 6.45) is 8.26. The number of hydrogen-bond donors (Lipinski definition) is 2. The molecule has 1 amide bonds. The van der Waals surface area contributed by atoms with Gasteiger partial charge in [-0.2, -0.15) is 0 Å². The number of carbonyl (C=O) groups is 1. The van der Waals surface area contributed by atoms with E-state index in [4.69, 9.17) is 4.74 Å². The van der Waals surface area contributed by atoms with Crippen molar-refractivity contribution in [3.8, 4) is 11.5 Å². The van der Waals surface area contributed by atoms with Crippen molar-refractivity contribution in [2.75, 3.05) is 13.7 Å². The monoisotopic (exact) mass is 399 g/mol. The average molecular weight is 399 g/mol. The molecule has 0 unspecified atom stereocenters. The molecule has 1 saturated carbocycles. The topological polar surface area (TPSA) is 92.5 Å². The highest BCUT2D eigenvalue weighted by Gasteiger charge is 2.26. The van der Waals surface area contributed by atoms with Crippen LogP contribution in [0.25, 0.3) is 0 Å². The third kappa shape index (κ3) is 4.87. The molecule has 1 atom stereocenters. The minimum Gasteiger partial charge on any atom is -0.504 e. The molecule has 0 bridgehead atoms. The highest BCUT2D eigenvalue weighted by molar-refractivity contribution is 5.92. The minimum atomic E-state index is -0.133. The van der Waals surface area contributed by atoms with Crippen LogP contribution in [-0.2, 0) is 13.1 Å². The Morgan fingerprint density at radius 2 is 2.17 bits per heavy atom. The largest absolute Gasteiger partial charge is 0.504 e. The summed E-state index contributed by atoms with van der Waals surface area (Å²) in [4.78, 5) is 14.5. The number of carbonyl (C=O) groups excluding carboxylic acids is 1. The number of aromatic nitrogens is 3. The van der Waals surface area contributed by atoms with Crippen LogP contribution in [0.15, 0.2) is 24.4 Å². The van der Waals surface area contributed by atoms with Crippen molar-refractivity contribution in [2.24, 2.45) is 0 Å². The summed E-state index contributed by atoms with van der Waals surface area (Å²) in [6.45, 7) is 2.42. The van der Waals surface area contributed by atoms with Gasteiger partial charge in [0.1, 0.15) is 0 Å². The molecule has 1 aromatic heterocycles. The van der Waals surface area contributed by atoms with Crippen molar-refractivity contribution in [1.29, 1.82) is 0 Å². The standard InChI is InChI=1S/C21H29N5O3/c1-29-19-7-4-5-15(20(19)27)13-25-11-3-2-6-17(25)10-12-26-14-18(23-24-26)21(28)22-16-8-9-16/h4-5,7,14,16-17,27H,2-3,6,8-13H2,1H3,(H,22,28)/t17-/m0/s1. The normalized spacial score (nSPS) is 19.8. The lowest BCUT2D eigenvalue weighted by Crippen LogP contribution is -2.39. The Kier molecular flexibility index (Phi) is 5.99. The number of aryl methyl sites for hydroxylation is 1. The van der Waals surface area contributed by atoms with E-state index in [-0.39, 0.29) is 11.7 Å². The van der Waals surface area contributed by atoms with Crippen molar-refractivity contribution in [3.63, 3.8) is 0 Å². The summed E-state index contributed by atoms with van der Waals surface area (Å²) in [5.41, 5.74) is 1.27. The van der Waals surface area contributed by atoms with Gasteiger partial charge in [-0.1, -0.05) is 23.8 Å². The maximum absolute atomic E-state index is 12.1. The first-order valence-electron chi connectivity index (χ1n) is 10.4. The molecule has 0 radical (unpaired) electrons. The van der Waals surface area contributed by atoms with Crippen LogP contribution in [0.2, 0.25) is 0 Å². The molecule has 8 heteroatoms. The van der Waals surface area contributed by atoms with Gasteiger partial charge in [-0.15, -0.1) is 5.10 Å². The van der Waals surface area contributed by atoms with E-state index in [9.17, 15) is 9.90 Å². The van der Waals surface area contributed by atoms with Crippen molar-refractivity contribution < 1.29 is 14.6 Å². The molecule has 2 heterocycles. The number of amides is 1. The second kappa shape index (κ2) is 8.82.